The first kappa shape index (κ1) is 17.2. The molecule has 0 saturated carbocycles. The topological polar surface area (TPSA) is 26.3 Å². The van der Waals surface area contributed by atoms with Crippen LogP contribution in [0.1, 0.15) is 5.56 Å². The lowest BCUT2D eigenvalue weighted by Gasteiger charge is -2.08. The first-order valence-corrected chi connectivity index (χ1v) is 9.08. The quantitative estimate of drug-likeness (QED) is 0.404. The van der Waals surface area contributed by atoms with E-state index in [0.717, 1.165) is 10.3 Å². The first-order chi connectivity index (χ1) is 11.6. The second-order valence-corrected chi connectivity index (χ2v) is 7.02. The molecule has 2 nitrogen and oxygen atoms in total. The summed E-state index contributed by atoms with van der Waals surface area (Å²) >= 11 is 13.6. The predicted molar refractivity (Wildman–Crippen MR) is 101 cm³/mol. The summed E-state index contributed by atoms with van der Waals surface area (Å²) in [6.45, 7) is 0.0790. The zero-order valence-electron chi connectivity index (χ0n) is 12.7. The molecule has 0 spiro atoms. The Hall–Kier alpha value is -1.68. The number of carbonyl (C=O) groups excluding carboxylic acids is 1. The summed E-state index contributed by atoms with van der Waals surface area (Å²) in [6, 6.07) is 19.4. The minimum atomic E-state index is -0.302. The van der Waals surface area contributed by atoms with Crippen molar-refractivity contribution >= 4 is 51.7 Å². The van der Waals surface area contributed by atoms with E-state index in [2.05, 4.69) is 18.2 Å². The Balaban J connectivity index is 1.57. The summed E-state index contributed by atoms with van der Waals surface area (Å²) < 4.78 is 5.27. The highest BCUT2D eigenvalue weighted by atomic mass is 35.5. The van der Waals surface area contributed by atoms with Crippen molar-refractivity contribution in [1.29, 1.82) is 0 Å². The van der Waals surface area contributed by atoms with Crippen molar-refractivity contribution in [2.24, 2.45) is 0 Å². The molecule has 3 aromatic carbocycles. The SMILES string of the molecule is O=C(CSc1ccc2ccccc2c1)OCc1c(Cl)cccc1Cl. The molecule has 0 aromatic heterocycles. The van der Waals surface area contributed by atoms with E-state index in [0.29, 0.717) is 15.6 Å². The minimum Gasteiger partial charge on any atom is -0.460 e. The van der Waals surface area contributed by atoms with Gasteiger partial charge in [-0.1, -0.05) is 59.6 Å². The minimum absolute atomic E-state index is 0.0790. The van der Waals surface area contributed by atoms with E-state index in [-0.39, 0.29) is 18.3 Å². The van der Waals surface area contributed by atoms with Crippen LogP contribution in [0.4, 0.5) is 0 Å². The van der Waals surface area contributed by atoms with Gasteiger partial charge in [-0.2, -0.15) is 0 Å². The van der Waals surface area contributed by atoms with Gasteiger partial charge in [0.15, 0.2) is 0 Å². The molecule has 0 radical (unpaired) electrons. The summed E-state index contributed by atoms with van der Waals surface area (Å²) in [5.74, 6) is -0.0652. The monoisotopic (exact) mass is 376 g/mol. The molecular weight excluding hydrogens is 363 g/mol. The van der Waals surface area contributed by atoms with E-state index in [4.69, 9.17) is 27.9 Å². The molecule has 3 aromatic rings. The highest BCUT2D eigenvalue weighted by molar-refractivity contribution is 8.00. The van der Waals surface area contributed by atoms with Crippen molar-refractivity contribution in [2.45, 2.75) is 11.5 Å². The molecular formula is C19H14Cl2O2S. The molecule has 3 rings (SSSR count). The molecule has 5 heteroatoms. The zero-order valence-corrected chi connectivity index (χ0v) is 15.0. The standard InChI is InChI=1S/C19H14Cl2O2S/c20-17-6-3-7-18(21)16(17)11-23-19(22)12-24-15-9-8-13-4-1-2-5-14(13)10-15/h1-10H,11-12H2. The van der Waals surface area contributed by atoms with Crippen LogP contribution >= 0.6 is 35.0 Å². The van der Waals surface area contributed by atoms with Crippen molar-refractivity contribution in [3.8, 4) is 0 Å². The van der Waals surface area contributed by atoms with Crippen LogP contribution in [0.15, 0.2) is 65.6 Å². The lowest BCUT2D eigenvalue weighted by Crippen LogP contribution is -2.07. The molecule has 122 valence electrons. The van der Waals surface area contributed by atoms with Crippen molar-refractivity contribution in [3.05, 3.63) is 76.3 Å². The van der Waals surface area contributed by atoms with Gasteiger partial charge in [0, 0.05) is 20.5 Å². The Morgan fingerprint density at radius 1 is 0.917 bits per heavy atom. The van der Waals surface area contributed by atoms with E-state index in [1.54, 1.807) is 18.2 Å². The number of thioether (sulfide) groups is 1. The number of esters is 1. The van der Waals surface area contributed by atoms with E-state index in [9.17, 15) is 4.79 Å². The maximum atomic E-state index is 11.9. The number of hydrogen-bond donors (Lipinski definition) is 0. The Labute approximate surface area is 154 Å². The molecule has 0 fully saturated rings. The third kappa shape index (κ3) is 4.23. The van der Waals surface area contributed by atoms with Gasteiger partial charge in [0.1, 0.15) is 6.61 Å². The van der Waals surface area contributed by atoms with E-state index in [1.165, 1.54) is 17.1 Å². The lowest BCUT2D eigenvalue weighted by molar-refractivity contribution is -0.141. The van der Waals surface area contributed by atoms with E-state index in [1.807, 2.05) is 24.3 Å². The molecule has 0 atom stereocenters. The fraction of sp³-hybridized carbons (Fsp3) is 0.105. The molecule has 0 aliphatic heterocycles. The molecule has 0 aliphatic rings. The van der Waals surface area contributed by atoms with E-state index < -0.39 is 0 Å². The van der Waals surface area contributed by atoms with Gasteiger partial charge in [0.2, 0.25) is 0 Å². The predicted octanol–water partition coefficient (Wildman–Crippen LogP) is 5.98. The van der Waals surface area contributed by atoms with Crippen LogP contribution in [-0.2, 0) is 16.1 Å². The third-order valence-electron chi connectivity index (χ3n) is 3.52. The number of fused-ring (bicyclic) bond motifs is 1. The van der Waals surface area contributed by atoms with Gasteiger partial charge in [0.25, 0.3) is 0 Å². The second kappa shape index (κ2) is 7.93. The molecule has 0 unspecified atom stereocenters. The number of halogens is 2. The maximum absolute atomic E-state index is 11.9. The van der Waals surface area contributed by atoms with Gasteiger partial charge in [-0.3, -0.25) is 4.79 Å². The molecule has 0 heterocycles. The Morgan fingerprint density at radius 3 is 2.38 bits per heavy atom. The fourth-order valence-electron chi connectivity index (χ4n) is 2.26. The third-order valence-corrected chi connectivity index (χ3v) is 5.19. The molecule has 24 heavy (non-hydrogen) atoms. The van der Waals surface area contributed by atoms with Crippen LogP contribution in [0.25, 0.3) is 10.8 Å². The Morgan fingerprint density at radius 2 is 1.62 bits per heavy atom. The average molecular weight is 377 g/mol. The van der Waals surface area contributed by atoms with Crippen LogP contribution in [-0.4, -0.2) is 11.7 Å². The first-order valence-electron chi connectivity index (χ1n) is 7.33. The average Bonchev–Trinajstić information content (AvgIpc) is 2.59. The van der Waals surface area contributed by atoms with Crippen LogP contribution in [0.5, 0.6) is 0 Å². The normalized spacial score (nSPS) is 10.8. The zero-order chi connectivity index (χ0) is 16.9. The molecule has 0 N–H and O–H groups in total. The number of ether oxygens (including phenoxy) is 1. The van der Waals surface area contributed by atoms with E-state index >= 15 is 0 Å². The lowest BCUT2D eigenvalue weighted by atomic mass is 10.1. The van der Waals surface area contributed by atoms with Crippen LogP contribution < -0.4 is 0 Å². The Bertz CT molecular complexity index is 860. The summed E-state index contributed by atoms with van der Waals surface area (Å²) in [5.41, 5.74) is 0.630. The van der Waals surface area contributed by atoms with Gasteiger partial charge in [-0.05, 0) is 35.0 Å². The summed E-state index contributed by atoms with van der Waals surface area (Å²) in [4.78, 5) is 13.0. The molecule has 0 bridgehead atoms. The summed E-state index contributed by atoms with van der Waals surface area (Å²) in [5, 5.41) is 3.33. The number of rotatable bonds is 5. The van der Waals surface area contributed by atoms with Gasteiger partial charge in [-0.25, -0.2) is 0 Å². The second-order valence-electron chi connectivity index (χ2n) is 5.16. The fourth-order valence-corrected chi connectivity index (χ4v) is 3.51. The van der Waals surface area contributed by atoms with Gasteiger partial charge in [0.05, 0.1) is 5.75 Å². The van der Waals surface area contributed by atoms with Crippen molar-refractivity contribution in [1.82, 2.24) is 0 Å². The summed E-state index contributed by atoms with van der Waals surface area (Å²) in [7, 11) is 0. The van der Waals surface area contributed by atoms with Crippen LogP contribution in [0, 0.1) is 0 Å². The molecule has 0 aliphatic carbocycles. The highest BCUT2D eigenvalue weighted by Crippen LogP contribution is 2.26. The van der Waals surface area contributed by atoms with Crippen LogP contribution in [0.2, 0.25) is 10.0 Å². The van der Waals surface area contributed by atoms with Crippen LogP contribution in [0.3, 0.4) is 0 Å². The number of hydrogen-bond acceptors (Lipinski definition) is 3. The Kier molecular flexibility index (Phi) is 5.67. The van der Waals surface area contributed by atoms with Crippen molar-refractivity contribution in [2.75, 3.05) is 5.75 Å². The smallest absolute Gasteiger partial charge is 0.316 e. The van der Waals surface area contributed by atoms with Gasteiger partial charge >= 0.3 is 5.97 Å². The highest BCUT2D eigenvalue weighted by Gasteiger charge is 2.10. The number of benzene rings is 3. The molecule has 0 saturated heterocycles. The molecule has 0 amide bonds. The van der Waals surface area contributed by atoms with Gasteiger partial charge < -0.3 is 4.74 Å². The largest absolute Gasteiger partial charge is 0.460 e. The number of carbonyl (C=O) groups is 1. The van der Waals surface area contributed by atoms with Crippen molar-refractivity contribution < 1.29 is 9.53 Å². The maximum Gasteiger partial charge on any atom is 0.316 e. The van der Waals surface area contributed by atoms with Gasteiger partial charge in [-0.15, -0.1) is 11.8 Å². The summed E-state index contributed by atoms with van der Waals surface area (Å²) in [6.07, 6.45) is 0. The van der Waals surface area contributed by atoms with Crippen molar-refractivity contribution in [3.63, 3.8) is 0 Å².